The van der Waals surface area contributed by atoms with E-state index in [0.717, 1.165) is 19.5 Å². The number of hydrogen-bond acceptors (Lipinski definition) is 4. The number of carbonyl (C=O) groups excluding carboxylic acids is 1. The molecule has 0 aromatic carbocycles. The lowest BCUT2D eigenvalue weighted by Crippen LogP contribution is -2.42. The topological polar surface area (TPSA) is 45.7 Å². The lowest BCUT2D eigenvalue weighted by molar-refractivity contribution is 0.0256. The Bertz CT molecular complexity index is 484. The van der Waals surface area contributed by atoms with Crippen LogP contribution in [0, 0.1) is 0 Å². The Morgan fingerprint density at radius 3 is 2.73 bits per heavy atom. The molecular weight excluding hydrogens is 278 g/mol. The monoisotopic (exact) mass is 305 g/mol. The van der Waals surface area contributed by atoms with Crippen molar-refractivity contribution < 1.29 is 9.53 Å². The van der Waals surface area contributed by atoms with Crippen LogP contribution >= 0.6 is 0 Å². The zero-order valence-electron chi connectivity index (χ0n) is 14.1. The molecule has 1 aliphatic heterocycles. The van der Waals surface area contributed by atoms with E-state index in [0.29, 0.717) is 12.6 Å². The highest BCUT2D eigenvalue weighted by Gasteiger charge is 2.28. The highest BCUT2D eigenvalue weighted by molar-refractivity contribution is 5.67. The summed E-state index contributed by atoms with van der Waals surface area (Å²) < 4.78 is 5.42. The highest BCUT2D eigenvalue weighted by Crippen LogP contribution is 2.21. The summed E-state index contributed by atoms with van der Waals surface area (Å²) in [6, 6.07) is 4.49. The number of carbonyl (C=O) groups is 1. The van der Waals surface area contributed by atoms with Gasteiger partial charge in [-0.3, -0.25) is 9.88 Å². The molecule has 1 atom stereocenters. The number of pyridine rings is 1. The normalized spacial score (nSPS) is 19.2. The quantitative estimate of drug-likeness (QED) is 0.858. The molecule has 1 aromatic heterocycles. The molecule has 122 valence electrons. The van der Waals surface area contributed by atoms with Gasteiger partial charge in [0.05, 0.1) is 0 Å². The third-order valence-corrected chi connectivity index (χ3v) is 3.82. The van der Waals surface area contributed by atoms with Crippen molar-refractivity contribution >= 4 is 6.09 Å². The molecule has 0 bridgehead atoms. The molecule has 0 N–H and O–H groups in total. The Morgan fingerprint density at radius 2 is 2.09 bits per heavy atom. The zero-order chi connectivity index (χ0) is 16.2. The first kappa shape index (κ1) is 16.7. The standard InChI is InChI=1S/C17H27N3O2/c1-17(2,3)22-16(21)19(4)13-15-6-5-11-20(15)12-14-7-9-18-10-8-14/h7-10,15H,5-6,11-13H2,1-4H3. The highest BCUT2D eigenvalue weighted by atomic mass is 16.6. The molecule has 1 unspecified atom stereocenters. The molecule has 0 radical (unpaired) electrons. The third-order valence-electron chi connectivity index (χ3n) is 3.82. The van der Waals surface area contributed by atoms with Gasteiger partial charge in [-0.15, -0.1) is 0 Å². The van der Waals surface area contributed by atoms with Gasteiger partial charge in [0, 0.05) is 38.6 Å². The van der Waals surface area contributed by atoms with Gasteiger partial charge in [-0.25, -0.2) is 4.79 Å². The minimum absolute atomic E-state index is 0.247. The SMILES string of the molecule is CN(CC1CCCN1Cc1ccncc1)C(=O)OC(C)(C)C. The largest absolute Gasteiger partial charge is 0.444 e. The number of amides is 1. The Balaban J connectivity index is 1.89. The van der Waals surface area contributed by atoms with Gasteiger partial charge in [0.25, 0.3) is 0 Å². The Kier molecular flexibility index (Phi) is 5.40. The van der Waals surface area contributed by atoms with Crippen molar-refractivity contribution in [3.05, 3.63) is 30.1 Å². The first-order chi connectivity index (χ1) is 10.3. The predicted molar refractivity (Wildman–Crippen MR) is 86.5 cm³/mol. The van der Waals surface area contributed by atoms with E-state index in [4.69, 9.17) is 4.74 Å². The summed E-state index contributed by atoms with van der Waals surface area (Å²) in [6.07, 6.45) is 5.71. The lowest BCUT2D eigenvalue weighted by atomic mass is 10.2. The summed E-state index contributed by atoms with van der Waals surface area (Å²) in [5.41, 5.74) is 0.819. The number of aromatic nitrogens is 1. The van der Waals surface area contributed by atoms with Crippen LogP contribution < -0.4 is 0 Å². The van der Waals surface area contributed by atoms with Crippen LogP contribution in [0.5, 0.6) is 0 Å². The van der Waals surface area contributed by atoms with Gasteiger partial charge in [0.2, 0.25) is 0 Å². The van der Waals surface area contributed by atoms with Gasteiger partial charge in [-0.05, 0) is 57.9 Å². The molecule has 0 saturated carbocycles. The van der Waals surface area contributed by atoms with E-state index in [-0.39, 0.29) is 6.09 Å². The Hall–Kier alpha value is -1.62. The first-order valence-electron chi connectivity index (χ1n) is 7.92. The van der Waals surface area contributed by atoms with Crippen LogP contribution in [-0.2, 0) is 11.3 Å². The van der Waals surface area contributed by atoms with Crippen LogP contribution in [0.1, 0.15) is 39.2 Å². The molecule has 1 saturated heterocycles. The number of rotatable bonds is 4. The summed E-state index contributed by atoms with van der Waals surface area (Å²) >= 11 is 0. The molecular formula is C17H27N3O2. The molecule has 0 spiro atoms. The van der Waals surface area contributed by atoms with Crippen LogP contribution in [0.2, 0.25) is 0 Å². The van der Waals surface area contributed by atoms with Crippen LogP contribution in [0.3, 0.4) is 0 Å². The van der Waals surface area contributed by atoms with E-state index >= 15 is 0 Å². The summed E-state index contributed by atoms with van der Waals surface area (Å²) in [5, 5.41) is 0. The summed E-state index contributed by atoms with van der Waals surface area (Å²) in [5.74, 6) is 0. The molecule has 2 rings (SSSR count). The molecule has 22 heavy (non-hydrogen) atoms. The predicted octanol–water partition coefficient (Wildman–Crippen LogP) is 2.91. The average Bonchev–Trinajstić information content (AvgIpc) is 2.85. The lowest BCUT2D eigenvalue weighted by Gasteiger charge is -2.30. The second kappa shape index (κ2) is 7.09. The molecule has 5 heteroatoms. The minimum Gasteiger partial charge on any atom is -0.444 e. The van der Waals surface area contributed by atoms with E-state index in [1.165, 1.54) is 12.0 Å². The molecule has 0 aliphatic carbocycles. The van der Waals surface area contributed by atoms with Gasteiger partial charge >= 0.3 is 6.09 Å². The Morgan fingerprint density at radius 1 is 1.41 bits per heavy atom. The van der Waals surface area contributed by atoms with E-state index in [2.05, 4.69) is 9.88 Å². The maximum Gasteiger partial charge on any atom is 0.410 e. The number of likely N-dealkylation sites (N-methyl/N-ethyl adjacent to an activating group) is 1. The van der Waals surface area contributed by atoms with Gasteiger partial charge in [0.15, 0.2) is 0 Å². The van der Waals surface area contributed by atoms with Crippen molar-refractivity contribution in [2.75, 3.05) is 20.1 Å². The van der Waals surface area contributed by atoms with Crippen LogP contribution in [0.4, 0.5) is 4.79 Å². The van der Waals surface area contributed by atoms with E-state index in [9.17, 15) is 4.79 Å². The fraction of sp³-hybridized carbons (Fsp3) is 0.647. The van der Waals surface area contributed by atoms with Gasteiger partial charge in [-0.2, -0.15) is 0 Å². The molecule has 1 amide bonds. The summed E-state index contributed by atoms with van der Waals surface area (Å²) in [7, 11) is 1.82. The molecule has 1 fully saturated rings. The van der Waals surface area contributed by atoms with Crippen molar-refractivity contribution in [2.24, 2.45) is 0 Å². The summed E-state index contributed by atoms with van der Waals surface area (Å²) in [6.45, 7) is 8.38. The molecule has 1 aliphatic rings. The number of nitrogens with zero attached hydrogens (tertiary/aromatic N) is 3. The molecule has 2 heterocycles. The maximum absolute atomic E-state index is 12.1. The molecule has 1 aromatic rings. The average molecular weight is 305 g/mol. The number of ether oxygens (including phenoxy) is 1. The van der Waals surface area contributed by atoms with E-state index in [1.807, 2.05) is 52.3 Å². The zero-order valence-corrected chi connectivity index (χ0v) is 14.1. The Labute approximate surface area is 133 Å². The fourth-order valence-corrected chi connectivity index (χ4v) is 2.76. The fourth-order valence-electron chi connectivity index (χ4n) is 2.76. The number of hydrogen-bond donors (Lipinski definition) is 0. The van der Waals surface area contributed by atoms with Crippen LogP contribution in [0.15, 0.2) is 24.5 Å². The van der Waals surface area contributed by atoms with Gasteiger partial charge in [-0.1, -0.05) is 0 Å². The van der Waals surface area contributed by atoms with Crippen molar-refractivity contribution in [3.63, 3.8) is 0 Å². The second-order valence-electron chi connectivity index (χ2n) is 6.98. The maximum atomic E-state index is 12.1. The van der Waals surface area contributed by atoms with E-state index in [1.54, 1.807) is 4.90 Å². The molecule has 5 nitrogen and oxygen atoms in total. The van der Waals surface area contributed by atoms with Crippen molar-refractivity contribution in [1.29, 1.82) is 0 Å². The van der Waals surface area contributed by atoms with Crippen LogP contribution in [0.25, 0.3) is 0 Å². The third kappa shape index (κ3) is 4.98. The van der Waals surface area contributed by atoms with Crippen molar-refractivity contribution in [1.82, 2.24) is 14.8 Å². The minimum atomic E-state index is -0.447. The van der Waals surface area contributed by atoms with Crippen LogP contribution in [-0.4, -0.2) is 52.7 Å². The van der Waals surface area contributed by atoms with Gasteiger partial charge in [0.1, 0.15) is 5.60 Å². The second-order valence-corrected chi connectivity index (χ2v) is 6.98. The van der Waals surface area contributed by atoms with Crippen molar-refractivity contribution in [3.8, 4) is 0 Å². The van der Waals surface area contributed by atoms with E-state index < -0.39 is 5.60 Å². The van der Waals surface area contributed by atoms with Crippen molar-refractivity contribution in [2.45, 2.75) is 51.8 Å². The smallest absolute Gasteiger partial charge is 0.410 e. The summed E-state index contributed by atoms with van der Waals surface area (Å²) in [4.78, 5) is 20.3. The first-order valence-corrected chi connectivity index (χ1v) is 7.92. The number of likely N-dealkylation sites (tertiary alicyclic amines) is 1. The van der Waals surface area contributed by atoms with Gasteiger partial charge < -0.3 is 9.64 Å².